The summed E-state index contributed by atoms with van der Waals surface area (Å²) in [4.78, 5) is 22.8. The Morgan fingerprint density at radius 2 is 1.85 bits per heavy atom. The molecular weight excluding hydrogens is 278 g/mol. The van der Waals surface area contributed by atoms with Crippen LogP contribution in [0.2, 0.25) is 5.02 Å². The average Bonchev–Trinajstić information content (AvgIpc) is 2.40. The van der Waals surface area contributed by atoms with E-state index in [0.29, 0.717) is 10.6 Å². The Bertz CT molecular complexity index is 665. The Kier molecular flexibility index (Phi) is 4.15. The van der Waals surface area contributed by atoms with Crippen LogP contribution in [0.3, 0.4) is 0 Å². The lowest BCUT2D eigenvalue weighted by Gasteiger charge is -2.06. The van der Waals surface area contributed by atoms with E-state index in [9.17, 15) is 14.9 Å². The standard InChI is InChI=1S/C15H12ClNO3/c1-10-3-2-4-13(17(19)20)15(10)14(18)9-11-5-7-12(16)8-6-11/h2-8H,9H2,1H3. The minimum atomic E-state index is -0.526. The summed E-state index contributed by atoms with van der Waals surface area (Å²) in [5.41, 5.74) is 1.41. The number of carbonyl (C=O) groups excluding carboxylic acids is 1. The number of nitro groups is 1. The minimum Gasteiger partial charge on any atom is -0.294 e. The molecule has 0 amide bonds. The SMILES string of the molecule is Cc1cccc([N+](=O)[O-])c1C(=O)Cc1ccc(Cl)cc1. The molecule has 2 rings (SSSR count). The van der Waals surface area contributed by atoms with Gasteiger partial charge in [0.1, 0.15) is 0 Å². The third-order valence-electron chi connectivity index (χ3n) is 3.00. The fourth-order valence-corrected chi connectivity index (χ4v) is 2.17. The first kappa shape index (κ1) is 14.2. The van der Waals surface area contributed by atoms with E-state index in [4.69, 9.17) is 11.6 Å². The highest BCUT2D eigenvalue weighted by Gasteiger charge is 2.21. The van der Waals surface area contributed by atoms with Gasteiger partial charge in [0.25, 0.3) is 5.69 Å². The van der Waals surface area contributed by atoms with Gasteiger partial charge in [-0.15, -0.1) is 0 Å². The molecule has 102 valence electrons. The van der Waals surface area contributed by atoms with E-state index in [1.807, 2.05) is 0 Å². The third kappa shape index (κ3) is 3.03. The first-order valence-corrected chi connectivity index (χ1v) is 6.38. The molecule has 0 bridgehead atoms. The summed E-state index contributed by atoms with van der Waals surface area (Å²) in [6.07, 6.45) is 0.114. The molecule has 0 heterocycles. The molecule has 0 fully saturated rings. The summed E-state index contributed by atoms with van der Waals surface area (Å²) in [5.74, 6) is -0.267. The van der Waals surface area contributed by atoms with Crippen molar-refractivity contribution in [3.63, 3.8) is 0 Å². The number of halogens is 1. The van der Waals surface area contributed by atoms with Crippen LogP contribution in [0.4, 0.5) is 5.69 Å². The zero-order valence-electron chi connectivity index (χ0n) is 10.8. The molecule has 2 aromatic rings. The molecule has 0 aliphatic rings. The highest BCUT2D eigenvalue weighted by molar-refractivity contribution is 6.30. The van der Waals surface area contributed by atoms with Gasteiger partial charge < -0.3 is 0 Å². The summed E-state index contributed by atoms with van der Waals surface area (Å²) >= 11 is 5.78. The zero-order chi connectivity index (χ0) is 14.7. The van der Waals surface area contributed by atoms with Gasteiger partial charge in [0.2, 0.25) is 0 Å². The summed E-state index contributed by atoms with van der Waals surface area (Å²) < 4.78 is 0. The first-order valence-electron chi connectivity index (χ1n) is 6.00. The number of hydrogen-bond acceptors (Lipinski definition) is 3. The van der Waals surface area contributed by atoms with Crippen LogP contribution in [0.15, 0.2) is 42.5 Å². The summed E-state index contributed by atoms with van der Waals surface area (Å²) in [6, 6.07) is 11.5. The van der Waals surface area contributed by atoms with Gasteiger partial charge in [-0.3, -0.25) is 14.9 Å². The number of carbonyl (C=O) groups is 1. The van der Waals surface area contributed by atoms with Crippen LogP contribution in [0, 0.1) is 17.0 Å². The number of ketones is 1. The Morgan fingerprint density at radius 3 is 2.45 bits per heavy atom. The third-order valence-corrected chi connectivity index (χ3v) is 3.26. The maximum atomic E-state index is 12.3. The molecule has 4 nitrogen and oxygen atoms in total. The van der Waals surface area contributed by atoms with E-state index in [1.165, 1.54) is 6.07 Å². The molecule has 0 N–H and O–H groups in total. The molecule has 0 spiro atoms. The number of hydrogen-bond donors (Lipinski definition) is 0. The van der Waals surface area contributed by atoms with E-state index >= 15 is 0 Å². The van der Waals surface area contributed by atoms with Crippen molar-refractivity contribution in [2.75, 3.05) is 0 Å². The van der Waals surface area contributed by atoms with Gasteiger partial charge in [-0.25, -0.2) is 0 Å². The number of rotatable bonds is 4. The molecule has 0 radical (unpaired) electrons. The van der Waals surface area contributed by atoms with E-state index in [0.717, 1.165) is 5.56 Å². The highest BCUT2D eigenvalue weighted by Crippen LogP contribution is 2.24. The highest BCUT2D eigenvalue weighted by atomic mass is 35.5. The summed E-state index contributed by atoms with van der Waals surface area (Å²) in [5, 5.41) is 11.6. The van der Waals surface area contributed by atoms with Crippen LogP contribution < -0.4 is 0 Å². The second-order valence-corrected chi connectivity index (χ2v) is 4.89. The van der Waals surface area contributed by atoms with Crippen molar-refractivity contribution in [3.8, 4) is 0 Å². The lowest BCUT2D eigenvalue weighted by Crippen LogP contribution is -2.09. The molecule has 0 saturated heterocycles. The zero-order valence-corrected chi connectivity index (χ0v) is 11.6. The Balaban J connectivity index is 2.34. The molecule has 20 heavy (non-hydrogen) atoms. The predicted octanol–water partition coefficient (Wildman–Crippen LogP) is 3.98. The molecular formula is C15H12ClNO3. The van der Waals surface area contributed by atoms with E-state index in [2.05, 4.69) is 0 Å². The summed E-state index contributed by atoms with van der Waals surface area (Å²) in [7, 11) is 0. The quantitative estimate of drug-likeness (QED) is 0.486. The van der Waals surface area contributed by atoms with Gasteiger partial charge >= 0.3 is 0 Å². The van der Waals surface area contributed by atoms with Gasteiger partial charge in [-0.1, -0.05) is 35.9 Å². The number of aryl methyl sites for hydroxylation is 1. The molecule has 0 aliphatic heterocycles. The number of nitro benzene ring substituents is 1. The van der Waals surface area contributed by atoms with E-state index in [1.54, 1.807) is 43.3 Å². The fourth-order valence-electron chi connectivity index (χ4n) is 2.04. The van der Waals surface area contributed by atoms with Crippen LogP contribution in [0.25, 0.3) is 0 Å². The van der Waals surface area contributed by atoms with Gasteiger partial charge in [-0.05, 0) is 30.2 Å². The Hall–Kier alpha value is -2.20. The van der Waals surface area contributed by atoms with Crippen LogP contribution in [-0.2, 0) is 6.42 Å². The van der Waals surface area contributed by atoms with Crippen molar-refractivity contribution in [1.82, 2.24) is 0 Å². The van der Waals surface area contributed by atoms with Crippen molar-refractivity contribution < 1.29 is 9.72 Å². The molecule has 0 aliphatic carbocycles. The monoisotopic (exact) mass is 289 g/mol. The second kappa shape index (κ2) is 5.84. The topological polar surface area (TPSA) is 60.2 Å². The first-order chi connectivity index (χ1) is 9.49. The molecule has 0 atom stereocenters. The Labute approximate surface area is 121 Å². The van der Waals surface area contributed by atoms with Crippen molar-refractivity contribution in [2.45, 2.75) is 13.3 Å². The van der Waals surface area contributed by atoms with Gasteiger partial charge in [0.05, 0.1) is 10.5 Å². The molecule has 0 saturated carbocycles. The Morgan fingerprint density at radius 1 is 1.20 bits per heavy atom. The molecule has 0 unspecified atom stereocenters. The molecule has 0 aromatic heterocycles. The van der Waals surface area contributed by atoms with Crippen molar-refractivity contribution in [3.05, 3.63) is 74.3 Å². The van der Waals surface area contributed by atoms with Crippen molar-refractivity contribution in [2.24, 2.45) is 0 Å². The lowest BCUT2D eigenvalue weighted by molar-refractivity contribution is -0.385. The normalized spacial score (nSPS) is 10.3. The minimum absolute atomic E-state index is 0.114. The smallest absolute Gasteiger partial charge is 0.280 e. The fraction of sp³-hybridized carbons (Fsp3) is 0.133. The number of benzene rings is 2. The van der Waals surface area contributed by atoms with E-state index < -0.39 is 4.92 Å². The lowest BCUT2D eigenvalue weighted by atomic mass is 9.97. The van der Waals surface area contributed by atoms with Crippen molar-refractivity contribution in [1.29, 1.82) is 0 Å². The van der Waals surface area contributed by atoms with Gasteiger partial charge in [0, 0.05) is 17.5 Å². The molecule has 2 aromatic carbocycles. The number of Topliss-reactive ketones (excluding diaryl/α,β-unsaturated/α-hetero) is 1. The maximum absolute atomic E-state index is 12.3. The number of nitrogens with zero attached hydrogens (tertiary/aromatic N) is 1. The summed E-state index contributed by atoms with van der Waals surface area (Å²) in [6.45, 7) is 1.70. The average molecular weight is 290 g/mol. The molecule has 5 heteroatoms. The van der Waals surface area contributed by atoms with Gasteiger partial charge in [0.15, 0.2) is 5.78 Å². The van der Waals surface area contributed by atoms with E-state index in [-0.39, 0.29) is 23.5 Å². The second-order valence-electron chi connectivity index (χ2n) is 4.45. The van der Waals surface area contributed by atoms with Gasteiger partial charge in [-0.2, -0.15) is 0 Å². The van der Waals surface area contributed by atoms with Crippen LogP contribution in [0.5, 0.6) is 0 Å². The largest absolute Gasteiger partial charge is 0.294 e. The van der Waals surface area contributed by atoms with Crippen LogP contribution in [0.1, 0.15) is 21.5 Å². The van der Waals surface area contributed by atoms with Crippen LogP contribution >= 0.6 is 11.6 Å². The van der Waals surface area contributed by atoms with Crippen molar-refractivity contribution >= 4 is 23.1 Å². The maximum Gasteiger partial charge on any atom is 0.280 e. The predicted molar refractivity (Wildman–Crippen MR) is 77.3 cm³/mol. The van der Waals surface area contributed by atoms with Crippen LogP contribution in [-0.4, -0.2) is 10.7 Å².